The lowest BCUT2D eigenvalue weighted by atomic mass is 10.1. The smallest absolute Gasteiger partial charge is 0.221 e. The van der Waals surface area contributed by atoms with E-state index in [2.05, 4.69) is 10.3 Å². The van der Waals surface area contributed by atoms with Gasteiger partial charge in [0, 0.05) is 12.6 Å². The molecule has 0 fully saturated rings. The summed E-state index contributed by atoms with van der Waals surface area (Å²) in [6.07, 6.45) is 1.57. The van der Waals surface area contributed by atoms with Crippen LogP contribution in [0.25, 0.3) is 27.8 Å². The SMILES string of the molecule is CC(=O)Nc1ccc(-n2cnc3cc(-c4ccc(O)cc4)ccc32)c(F)c1. The number of carbonyl (C=O) groups is 1. The van der Waals surface area contributed by atoms with Gasteiger partial charge in [-0.3, -0.25) is 9.36 Å². The summed E-state index contributed by atoms with van der Waals surface area (Å²) in [5.41, 5.74) is 4.16. The van der Waals surface area contributed by atoms with Gasteiger partial charge < -0.3 is 10.4 Å². The predicted molar refractivity (Wildman–Crippen MR) is 102 cm³/mol. The van der Waals surface area contributed by atoms with Crippen molar-refractivity contribution in [1.82, 2.24) is 9.55 Å². The third kappa shape index (κ3) is 3.25. The molecule has 0 aliphatic heterocycles. The first-order valence-corrected chi connectivity index (χ1v) is 8.35. The summed E-state index contributed by atoms with van der Waals surface area (Å²) < 4.78 is 16.2. The standard InChI is InChI=1S/C21H16FN3O2/c1-13(26)24-16-5-9-20(18(22)11-16)25-12-23-19-10-15(4-8-21(19)25)14-2-6-17(27)7-3-14/h2-12,27H,1H3,(H,24,26). The molecule has 0 radical (unpaired) electrons. The van der Waals surface area contributed by atoms with Crippen LogP contribution in [0.1, 0.15) is 6.92 Å². The second-order valence-electron chi connectivity index (χ2n) is 6.21. The molecule has 1 amide bonds. The molecule has 5 nitrogen and oxygen atoms in total. The summed E-state index contributed by atoms with van der Waals surface area (Å²) in [6, 6.07) is 17.2. The summed E-state index contributed by atoms with van der Waals surface area (Å²) in [5.74, 6) is -0.498. The lowest BCUT2D eigenvalue weighted by Gasteiger charge is -2.09. The average molecular weight is 361 g/mol. The topological polar surface area (TPSA) is 67.2 Å². The zero-order valence-electron chi connectivity index (χ0n) is 14.5. The number of aromatic nitrogens is 2. The number of hydrogen-bond donors (Lipinski definition) is 2. The van der Waals surface area contributed by atoms with Crippen LogP contribution in [0, 0.1) is 5.82 Å². The third-order valence-electron chi connectivity index (χ3n) is 4.28. The van der Waals surface area contributed by atoms with Crippen LogP contribution < -0.4 is 5.32 Å². The maximum atomic E-state index is 14.6. The van der Waals surface area contributed by atoms with Crippen LogP contribution >= 0.6 is 0 Å². The first-order valence-electron chi connectivity index (χ1n) is 8.35. The van der Waals surface area contributed by atoms with E-state index in [1.54, 1.807) is 35.2 Å². The number of halogens is 1. The number of nitrogens with zero attached hydrogens (tertiary/aromatic N) is 2. The van der Waals surface area contributed by atoms with Crippen molar-refractivity contribution in [1.29, 1.82) is 0 Å². The fraction of sp³-hybridized carbons (Fsp3) is 0.0476. The van der Waals surface area contributed by atoms with E-state index < -0.39 is 5.82 Å². The van der Waals surface area contributed by atoms with Gasteiger partial charge in [-0.25, -0.2) is 9.37 Å². The Morgan fingerprint density at radius 2 is 1.78 bits per heavy atom. The molecule has 27 heavy (non-hydrogen) atoms. The van der Waals surface area contributed by atoms with E-state index in [9.17, 15) is 14.3 Å². The Bertz CT molecular complexity index is 1150. The van der Waals surface area contributed by atoms with E-state index in [0.717, 1.165) is 22.2 Å². The van der Waals surface area contributed by atoms with Crippen LogP contribution in [0.4, 0.5) is 10.1 Å². The van der Waals surface area contributed by atoms with Gasteiger partial charge in [-0.1, -0.05) is 18.2 Å². The molecule has 1 heterocycles. The molecule has 0 aliphatic rings. The number of phenols is 1. The largest absolute Gasteiger partial charge is 0.508 e. The minimum Gasteiger partial charge on any atom is -0.508 e. The molecule has 0 bridgehead atoms. The van der Waals surface area contributed by atoms with Crippen molar-refractivity contribution in [2.24, 2.45) is 0 Å². The van der Waals surface area contributed by atoms with Gasteiger partial charge >= 0.3 is 0 Å². The molecule has 0 saturated carbocycles. The normalized spacial score (nSPS) is 10.9. The van der Waals surface area contributed by atoms with Crippen LogP contribution in [0.15, 0.2) is 67.0 Å². The van der Waals surface area contributed by atoms with E-state index in [0.29, 0.717) is 11.4 Å². The average Bonchev–Trinajstić information content (AvgIpc) is 3.05. The number of hydrogen-bond acceptors (Lipinski definition) is 3. The second kappa shape index (κ2) is 6.57. The highest BCUT2D eigenvalue weighted by Gasteiger charge is 2.11. The van der Waals surface area contributed by atoms with Crippen molar-refractivity contribution in [3.63, 3.8) is 0 Å². The Morgan fingerprint density at radius 1 is 1.04 bits per heavy atom. The van der Waals surface area contributed by atoms with Gasteiger partial charge in [0.25, 0.3) is 0 Å². The van der Waals surface area contributed by atoms with Crippen molar-refractivity contribution in [2.75, 3.05) is 5.32 Å². The Kier molecular flexibility index (Phi) is 4.08. The van der Waals surface area contributed by atoms with Gasteiger partial charge in [0.2, 0.25) is 5.91 Å². The van der Waals surface area contributed by atoms with Crippen molar-refractivity contribution in [3.05, 3.63) is 72.8 Å². The molecule has 0 atom stereocenters. The summed E-state index contributed by atoms with van der Waals surface area (Å²) >= 11 is 0. The maximum Gasteiger partial charge on any atom is 0.221 e. The fourth-order valence-electron chi connectivity index (χ4n) is 3.02. The number of phenolic OH excluding ortho intramolecular Hbond substituents is 1. The summed E-state index contributed by atoms with van der Waals surface area (Å²) in [7, 11) is 0. The Morgan fingerprint density at radius 3 is 2.48 bits per heavy atom. The van der Waals surface area contributed by atoms with Gasteiger partial charge in [0.15, 0.2) is 0 Å². The molecule has 134 valence electrons. The van der Waals surface area contributed by atoms with Crippen LogP contribution in [-0.2, 0) is 4.79 Å². The summed E-state index contributed by atoms with van der Waals surface area (Å²) in [4.78, 5) is 15.5. The molecule has 2 N–H and O–H groups in total. The predicted octanol–water partition coefficient (Wildman–Crippen LogP) is 4.50. The van der Waals surface area contributed by atoms with E-state index in [1.807, 2.05) is 30.3 Å². The molecule has 0 saturated heterocycles. The molecular weight excluding hydrogens is 345 g/mol. The van der Waals surface area contributed by atoms with Crippen LogP contribution in [0.3, 0.4) is 0 Å². The zero-order valence-corrected chi connectivity index (χ0v) is 14.5. The third-order valence-corrected chi connectivity index (χ3v) is 4.28. The van der Waals surface area contributed by atoms with Gasteiger partial charge in [-0.2, -0.15) is 0 Å². The monoisotopic (exact) mass is 361 g/mol. The number of imidazole rings is 1. The minimum atomic E-state index is -0.455. The van der Waals surface area contributed by atoms with Crippen LogP contribution in [0.2, 0.25) is 0 Å². The lowest BCUT2D eigenvalue weighted by Crippen LogP contribution is -2.06. The minimum absolute atomic E-state index is 0.210. The molecule has 4 aromatic rings. The number of amides is 1. The molecule has 1 aromatic heterocycles. The van der Waals surface area contributed by atoms with Crippen molar-refractivity contribution < 1.29 is 14.3 Å². The Balaban J connectivity index is 1.73. The molecule has 0 unspecified atom stereocenters. The zero-order chi connectivity index (χ0) is 19.0. The summed E-state index contributed by atoms with van der Waals surface area (Å²) in [5, 5.41) is 12.0. The number of fused-ring (bicyclic) bond motifs is 1. The number of benzene rings is 3. The first-order chi connectivity index (χ1) is 13.0. The quantitative estimate of drug-likeness (QED) is 0.565. The van der Waals surface area contributed by atoms with E-state index in [4.69, 9.17) is 0 Å². The van der Waals surface area contributed by atoms with Gasteiger partial charge in [0.1, 0.15) is 17.9 Å². The highest BCUT2D eigenvalue weighted by Crippen LogP contribution is 2.28. The number of aromatic hydroxyl groups is 1. The molecule has 3 aromatic carbocycles. The number of nitrogens with one attached hydrogen (secondary N) is 1. The van der Waals surface area contributed by atoms with Gasteiger partial charge in [0.05, 0.1) is 16.7 Å². The maximum absolute atomic E-state index is 14.6. The fourth-order valence-corrected chi connectivity index (χ4v) is 3.02. The number of carbonyl (C=O) groups excluding carboxylic acids is 1. The Labute approximate surface area is 154 Å². The van der Waals surface area contributed by atoms with Crippen LogP contribution in [0.5, 0.6) is 5.75 Å². The highest BCUT2D eigenvalue weighted by molar-refractivity contribution is 5.89. The Hall–Kier alpha value is -3.67. The first kappa shape index (κ1) is 16.8. The van der Waals surface area contributed by atoms with Crippen molar-refractivity contribution >= 4 is 22.6 Å². The molecule has 0 aliphatic carbocycles. The van der Waals surface area contributed by atoms with Gasteiger partial charge in [-0.15, -0.1) is 0 Å². The van der Waals surface area contributed by atoms with E-state index in [-0.39, 0.29) is 11.7 Å². The molecule has 4 rings (SSSR count). The van der Waals surface area contributed by atoms with E-state index in [1.165, 1.54) is 13.0 Å². The van der Waals surface area contributed by atoms with E-state index >= 15 is 0 Å². The second-order valence-corrected chi connectivity index (χ2v) is 6.21. The number of rotatable bonds is 3. The molecular formula is C21H16FN3O2. The lowest BCUT2D eigenvalue weighted by molar-refractivity contribution is -0.114. The molecule has 0 spiro atoms. The molecule has 6 heteroatoms. The summed E-state index contributed by atoms with van der Waals surface area (Å²) in [6.45, 7) is 1.38. The number of anilines is 1. The highest BCUT2D eigenvalue weighted by atomic mass is 19.1. The van der Waals surface area contributed by atoms with Crippen LogP contribution in [-0.4, -0.2) is 20.6 Å². The van der Waals surface area contributed by atoms with Gasteiger partial charge in [-0.05, 0) is 53.6 Å². The van der Waals surface area contributed by atoms with Crippen molar-refractivity contribution in [2.45, 2.75) is 6.92 Å². The van der Waals surface area contributed by atoms with Crippen molar-refractivity contribution in [3.8, 4) is 22.6 Å².